The van der Waals surface area contributed by atoms with E-state index in [9.17, 15) is 14.0 Å². The Labute approximate surface area is 142 Å². The van der Waals surface area contributed by atoms with Crippen LogP contribution in [0.3, 0.4) is 0 Å². The first-order valence-corrected chi connectivity index (χ1v) is 8.53. The van der Waals surface area contributed by atoms with Gasteiger partial charge in [0.1, 0.15) is 5.82 Å². The molecule has 130 valence electrons. The number of carbonyl (C=O) groups excluding carboxylic acids is 2. The molecule has 0 unspecified atom stereocenters. The zero-order chi connectivity index (χ0) is 17.7. The van der Waals surface area contributed by atoms with Gasteiger partial charge >= 0.3 is 5.97 Å². The summed E-state index contributed by atoms with van der Waals surface area (Å²) in [6, 6.07) is 4.91. The van der Waals surface area contributed by atoms with Gasteiger partial charge in [0.15, 0.2) is 5.78 Å². The number of allylic oxidation sites excluding steroid dienone is 1. The molecule has 0 atom stereocenters. The molecule has 1 aromatic rings. The Morgan fingerprint density at radius 3 is 2.75 bits per heavy atom. The lowest BCUT2D eigenvalue weighted by atomic mass is 9.89. The average molecular weight is 333 g/mol. The van der Waals surface area contributed by atoms with E-state index >= 15 is 0 Å². The number of rotatable bonds is 3. The minimum Gasteiger partial charge on any atom is -0.466 e. The number of benzene rings is 1. The molecule has 1 aromatic carbocycles. The third kappa shape index (κ3) is 3.66. The monoisotopic (exact) mass is 333 g/mol. The predicted octanol–water partition coefficient (Wildman–Crippen LogP) is 3.78. The van der Waals surface area contributed by atoms with Crippen LogP contribution in [0.25, 0.3) is 0 Å². The number of Topliss-reactive ketones (excluding diaryl/α,β-unsaturated/α-hetero) is 1. The Kier molecular flexibility index (Phi) is 6.12. The van der Waals surface area contributed by atoms with Crippen LogP contribution in [0.15, 0.2) is 29.5 Å². The topological polar surface area (TPSA) is 46.6 Å². The van der Waals surface area contributed by atoms with Crippen LogP contribution in [-0.2, 0) is 20.7 Å². The van der Waals surface area contributed by atoms with Crippen molar-refractivity contribution < 1.29 is 18.7 Å². The van der Waals surface area contributed by atoms with Crippen molar-refractivity contribution in [2.24, 2.45) is 0 Å². The SMILES string of the molecule is CC.CCOC(=O)CC1=C2CCC(=O)CN2c2c(F)cccc2C1. The van der Waals surface area contributed by atoms with Gasteiger partial charge < -0.3 is 9.64 Å². The lowest BCUT2D eigenvalue weighted by Crippen LogP contribution is -2.38. The lowest BCUT2D eigenvalue weighted by Gasteiger charge is -2.38. The highest BCUT2D eigenvalue weighted by atomic mass is 19.1. The molecule has 0 saturated carbocycles. The van der Waals surface area contributed by atoms with Gasteiger partial charge in [0.05, 0.1) is 25.3 Å². The van der Waals surface area contributed by atoms with Gasteiger partial charge in [-0.25, -0.2) is 4.39 Å². The average Bonchev–Trinajstić information content (AvgIpc) is 2.56. The first-order chi connectivity index (χ1) is 11.6. The number of hydrogen-bond donors (Lipinski definition) is 0. The third-order valence-electron chi connectivity index (χ3n) is 4.12. The van der Waals surface area contributed by atoms with Gasteiger partial charge in [0, 0.05) is 12.1 Å². The summed E-state index contributed by atoms with van der Waals surface area (Å²) in [5.74, 6) is -0.503. The number of carbonyl (C=O) groups is 2. The molecule has 1 fully saturated rings. The molecule has 0 amide bonds. The summed E-state index contributed by atoms with van der Waals surface area (Å²) >= 11 is 0. The van der Waals surface area contributed by atoms with Crippen LogP contribution in [-0.4, -0.2) is 24.9 Å². The van der Waals surface area contributed by atoms with Crippen LogP contribution < -0.4 is 4.90 Å². The van der Waals surface area contributed by atoms with Gasteiger partial charge in [-0.15, -0.1) is 0 Å². The number of nitrogens with zero attached hydrogens (tertiary/aromatic N) is 1. The van der Waals surface area contributed by atoms with E-state index in [1.165, 1.54) is 6.07 Å². The van der Waals surface area contributed by atoms with Crippen LogP contribution in [0.1, 0.15) is 45.6 Å². The minimum absolute atomic E-state index is 0.0929. The quantitative estimate of drug-likeness (QED) is 0.790. The molecule has 5 heteroatoms. The fraction of sp³-hybridized carbons (Fsp3) is 0.474. The number of anilines is 1. The summed E-state index contributed by atoms with van der Waals surface area (Å²) in [5, 5.41) is 0. The zero-order valence-electron chi connectivity index (χ0n) is 14.5. The van der Waals surface area contributed by atoms with E-state index in [2.05, 4.69) is 0 Å². The van der Waals surface area contributed by atoms with Crippen molar-refractivity contribution in [3.05, 3.63) is 40.8 Å². The summed E-state index contributed by atoms with van der Waals surface area (Å²) in [5.41, 5.74) is 3.14. The Morgan fingerprint density at radius 2 is 2.04 bits per heavy atom. The molecule has 4 nitrogen and oxygen atoms in total. The molecule has 3 rings (SSSR count). The molecule has 0 N–H and O–H groups in total. The molecule has 24 heavy (non-hydrogen) atoms. The van der Waals surface area contributed by atoms with Crippen molar-refractivity contribution in [3.63, 3.8) is 0 Å². The van der Waals surface area contributed by atoms with Gasteiger partial charge in [-0.2, -0.15) is 0 Å². The predicted molar refractivity (Wildman–Crippen MR) is 91.3 cm³/mol. The second-order valence-electron chi connectivity index (χ2n) is 5.58. The van der Waals surface area contributed by atoms with E-state index in [-0.39, 0.29) is 30.5 Å². The normalized spacial score (nSPS) is 16.0. The van der Waals surface area contributed by atoms with Gasteiger partial charge in [0.25, 0.3) is 0 Å². The molecular formula is C19H24FNO3. The summed E-state index contributed by atoms with van der Waals surface area (Å²) in [6.45, 7) is 6.29. The molecule has 1 saturated heterocycles. The van der Waals surface area contributed by atoms with Crippen molar-refractivity contribution in [1.82, 2.24) is 0 Å². The third-order valence-corrected chi connectivity index (χ3v) is 4.12. The number of fused-ring (bicyclic) bond motifs is 3. The minimum atomic E-state index is -0.320. The second kappa shape index (κ2) is 8.08. The number of ketones is 1. The largest absolute Gasteiger partial charge is 0.466 e. The van der Waals surface area contributed by atoms with Gasteiger partial charge in [0.2, 0.25) is 0 Å². The molecule has 0 spiro atoms. The second-order valence-corrected chi connectivity index (χ2v) is 5.58. The number of para-hydroxylation sites is 1. The van der Waals surface area contributed by atoms with Crippen molar-refractivity contribution in [2.75, 3.05) is 18.1 Å². The van der Waals surface area contributed by atoms with Crippen LogP contribution in [0.5, 0.6) is 0 Å². The number of esters is 1. The zero-order valence-corrected chi connectivity index (χ0v) is 14.5. The van der Waals surface area contributed by atoms with Crippen molar-refractivity contribution >= 4 is 17.4 Å². The number of piperidine rings is 1. The van der Waals surface area contributed by atoms with E-state index in [0.29, 0.717) is 31.6 Å². The van der Waals surface area contributed by atoms with Gasteiger partial charge in [-0.3, -0.25) is 9.59 Å². The van der Waals surface area contributed by atoms with Crippen molar-refractivity contribution in [3.8, 4) is 0 Å². The number of halogens is 1. The molecule has 0 bridgehead atoms. The van der Waals surface area contributed by atoms with Crippen molar-refractivity contribution in [1.29, 1.82) is 0 Å². The highest BCUT2D eigenvalue weighted by molar-refractivity contribution is 5.88. The van der Waals surface area contributed by atoms with E-state index in [1.54, 1.807) is 17.9 Å². The van der Waals surface area contributed by atoms with Crippen molar-refractivity contribution in [2.45, 2.75) is 46.5 Å². The Balaban J connectivity index is 0.00000100. The van der Waals surface area contributed by atoms with Crippen LogP contribution in [0, 0.1) is 5.82 Å². The maximum absolute atomic E-state index is 14.2. The highest BCUT2D eigenvalue weighted by Gasteiger charge is 2.32. The maximum atomic E-state index is 14.2. The Bertz CT molecular complexity index is 667. The highest BCUT2D eigenvalue weighted by Crippen LogP contribution is 2.39. The van der Waals surface area contributed by atoms with E-state index in [1.807, 2.05) is 19.9 Å². The Morgan fingerprint density at radius 1 is 1.29 bits per heavy atom. The first-order valence-electron chi connectivity index (χ1n) is 8.53. The van der Waals surface area contributed by atoms with Crippen LogP contribution >= 0.6 is 0 Å². The van der Waals surface area contributed by atoms with E-state index < -0.39 is 0 Å². The molecule has 0 aromatic heterocycles. The fourth-order valence-electron chi connectivity index (χ4n) is 3.21. The van der Waals surface area contributed by atoms with E-state index in [4.69, 9.17) is 4.74 Å². The molecular weight excluding hydrogens is 309 g/mol. The summed E-state index contributed by atoms with van der Waals surface area (Å²) in [4.78, 5) is 25.3. The Hall–Kier alpha value is -2.17. The molecule has 2 heterocycles. The smallest absolute Gasteiger partial charge is 0.309 e. The molecule has 2 aliphatic heterocycles. The molecule has 0 aliphatic carbocycles. The first kappa shape index (κ1) is 18.2. The molecule has 2 aliphatic rings. The van der Waals surface area contributed by atoms with Crippen LogP contribution in [0.2, 0.25) is 0 Å². The number of hydrogen-bond acceptors (Lipinski definition) is 4. The standard InChI is InChI=1S/C17H18FNO3.C2H6/c1-2-22-16(21)9-12-8-11-4-3-5-14(18)17(11)19-10-13(20)6-7-15(12)19;1-2/h3-5H,2,6-10H2,1H3;1-2H3. The van der Waals surface area contributed by atoms with Gasteiger partial charge in [-0.05, 0) is 37.0 Å². The lowest BCUT2D eigenvalue weighted by molar-refractivity contribution is -0.142. The fourth-order valence-corrected chi connectivity index (χ4v) is 3.21. The van der Waals surface area contributed by atoms with Crippen LogP contribution in [0.4, 0.5) is 10.1 Å². The summed E-state index contributed by atoms with van der Waals surface area (Å²) < 4.78 is 19.2. The summed E-state index contributed by atoms with van der Waals surface area (Å²) in [7, 11) is 0. The molecule has 0 radical (unpaired) electrons. The van der Waals surface area contributed by atoms with E-state index in [0.717, 1.165) is 16.8 Å². The summed E-state index contributed by atoms with van der Waals surface area (Å²) in [6.07, 6.45) is 1.74. The number of ether oxygens (including phenoxy) is 1. The maximum Gasteiger partial charge on any atom is 0.309 e. The van der Waals surface area contributed by atoms with Gasteiger partial charge in [-0.1, -0.05) is 26.0 Å².